The molecule has 0 atom stereocenters. The van der Waals surface area contributed by atoms with Crippen LogP contribution < -0.4 is 5.32 Å². The molecule has 3 rings (SSSR count). The van der Waals surface area contributed by atoms with Gasteiger partial charge in [0.2, 0.25) is 5.91 Å². The van der Waals surface area contributed by atoms with E-state index in [0.717, 1.165) is 10.5 Å². The van der Waals surface area contributed by atoms with Crippen molar-refractivity contribution >= 4 is 46.8 Å². The summed E-state index contributed by atoms with van der Waals surface area (Å²) in [6.45, 7) is 1.70. The van der Waals surface area contributed by atoms with Crippen molar-refractivity contribution in [3.05, 3.63) is 58.1 Å². The number of alkyl halides is 2. The van der Waals surface area contributed by atoms with Crippen LogP contribution in [0.15, 0.2) is 41.3 Å². The number of anilines is 1. The summed E-state index contributed by atoms with van der Waals surface area (Å²) < 4.78 is 25.4. The fourth-order valence-electron chi connectivity index (χ4n) is 2.85. The number of rotatable bonds is 6. The standard InChI is InChI=1S/C19H15ClF2N2O3S/c1-10-5-6-11-12(9-10)18(27)24(17(11)26)8-7-15(25)23-14-4-2-3-13(20)16(14)28-19(21)22/h2-6,9,19H,7-8H2,1H3,(H,23,25). The van der Waals surface area contributed by atoms with Crippen LogP contribution in [0.25, 0.3) is 0 Å². The predicted molar refractivity (Wildman–Crippen MR) is 103 cm³/mol. The van der Waals surface area contributed by atoms with Crippen molar-refractivity contribution < 1.29 is 23.2 Å². The first-order chi connectivity index (χ1) is 13.3. The highest BCUT2D eigenvalue weighted by Gasteiger charge is 2.35. The summed E-state index contributed by atoms with van der Waals surface area (Å²) in [5, 5.41) is 2.61. The number of thioether (sulfide) groups is 1. The lowest BCUT2D eigenvalue weighted by Gasteiger charge is -2.15. The van der Waals surface area contributed by atoms with Crippen molar-refractivity contribution in [2.24, 2.45) is 0 Å². The molecule has 0 spiro atoms. The molecule has 0 fully saturated rings. The predicted octanol–water partition coefficient (Wildman–Crippen LogP) is 4.59. The molecule has 146 valence electrons. The maximum absolute atomic E-state index is 12.7. The molecule has 0 radical (unpaired) electrons. The number of carbonyl (C=O) groups excluding carboxylic acids is 3. The Morgan fingerprint density at radius 3 is 2.61 bits per heavy atom. The van der Waals surface area contributed by atoms with E-state index in [9.17, 15) is 23.2 Å². The molecule has 5 nitrogen and oxygen atoms in total. The van der Waals surface area contributed by atoms with Crippen LogP contribution >= 0.6 is 23.4 Å². The molecule has 2 aromatic rings. The molecular formula is C19H15ClF2N2O3S. The zero-order valence-corrected chi connectivity index (χ0v) is 16.2. The number of nitrogens with one attached hydrogen (secondary N) is 1. The van der Waals surface area contributed by atoms with Crippen molar-refractivity contribution in [2.45, 2.75) is 24.0 Å². The van der Waals surface area contributed by atoms with E-state index in [2.05, 4.69) is 5.32 Å². The minimum Gasteiger partial charge on any atom is -0.325 e. The topological polar surface area (TPSA) is 66.5 Å². The van der Waals surface area contributed by atoms with Crippen molar-refractivity contribution in [3.63, 3.8) is 0 Å². The third kappa shape index (κ3) is 4.18. The number of fused-ring (bicyclic) bond motifs is 1. The Labute approximate surface area is 169 Å². The second-order valence-corrected chi connectivity index (χ2v) is 7.51. The molecule has 0 saturated carbocycles. The number of halogens is 3. The summed E-state index contributed by atoms with van der Waals surface area (Å²) >= 11 is 6.17. The monoisotopic (exact) mass is 424 g/mol. The van der Waals surface area contributed by atoms with Gasteiger partial charge in [0, 0.05) is 13.0 Å². The van der Waals surface area contributed by atoms with Crippen molar-refractivity contribution in [1.29, 1.82) is 0 Å². The van der Waals surface area contributed by atoms with E-state index >= 15 is 0 Å². The zero-order chi connectivity index (χ0) is 20.4. The number of hydrogen-bond acceptors (Lipinski definition) is 4. The molecule has 2 aromatic carbocycles. The van der Waals surface area contributed by atoms with Gasteiger partial charge in [-0.2, -0.15) is 8.78 Å². The quantitative estimate of drug-likeness (QED) is 0.544. The third-order valence-corrected chi connectivity index (χ3v) is 5.42. The number of imide groups is 1. The van der Waals surface area contributed by atoms with Gasteiger partial charge in [-0.3, -0.25) is 19.3 Å². The molecule has 1 heterocycles. The maximum Gasteiger partial charge on any atom is 0.289 e. The Bertz CT molecular complexity index is 968. The lowest BCUT2D eigenvalue weighted by atomic mass is 10.1. The summed E-state index contributed by atoms with van der Waals surface area (Å²) in [5.74, 6) is -4.12. The fourth-order valence-corrected chi connectivity index (χ4v) is 3.76. The van der Waals surface area contributed by atoms with E-state index in [-0.39, 0.29) is 40.3 Å². The summed E-state index contributed by atoms with van der Waals surface area (Å²) in [6, 6.07) is 9.39. The average Bonchev–Trinajstić information content (AvgIpc) is 2.86. The van der Waals surface area contributed by atoms with E-state index < -0.39 is 23.5 Å². The van der Waals surface area contributed by atoms with E-state index in [1.807, 2.05) is 6.92 Å². The molecule has 1 aliphatic rings. The number of carbonyl (C=O) groups is 3. The highest BCUT2D eigenvalue weighted by atomic mass is 35.5. The zero-order valence-electron chi connectivity index (χ0n) is 14.7. The molecule has 1 N–H and O–H groups in total. The van der Waals surface area contributed by atoms with Gasteiger partial charge in [0.15, 0.2) is 0 Å². The molecule has 0 unspecified atom stereocenters. The number of nitrogens with zero attached hydrogens (tertiary/aromatic N) is 1. The van der Waals surface area contributed by atoms with Crippen LogP contribution in [0.5, 0.6) is 0 Å². The Morgan fingerprint density at radius 2 is 1.89 bits per heavy atom. The van der Waals surface area contributed by atoms with Gasteiger partial charge in [0.1, 0.15) is 0 Å². The van der Waals surface area contributed by atoms with Crippen molar-refractivity contribution in [2.75, 3.05) is 11.9 Å². The molecule has 1 aliphatic heterocycles. The SMILES string of the molecule is Cc1ccc2c(c1)C(=O)N(CCC(=O)Nc1cccc(Cl)c1SC(F)F)C2=O. The molecule has 0 bridgehead atoms. The second kappa shape index (κ2) is 8.28. The number of amides is 3. The Hall–Kier alpha value is -2.45. The number of hydrogen-bond donors (Lipinski definition) is 1. The van der Waals surface area contributed by atoms with E-state index in [0.29, 0.717) is 11.1 Å². The first kappa shape index (κ1) is 20.3. The Morgan fingerprint density at radius 1 is 1.18 bits per heavy atom. The number of benzene rings is 2. The molecule has 28 heavy (non-hydrogen) atoms. The van der Waals surface area contributed by atoms with Gasteiger partial charge in [-0.15, -0.1) is 0 Å². The fraction of sp³-hybridized carbons (Fsp3) is 0.211. The van der Waals surface area contributed by atoms with Crippen LogP contribution in [0.4, 0.5) is 14.5 Å². The highest BCUT2D eigenvalue weighted by Crippen LogP contribution is 2.37. The van der Waals surface area contributed by atoms with Gasteiger partial charge in [-0.05, 0) is 31.2 Å². The second-order valence-electron chi connectivity index (χ2n) is 6.10. The van der Waals surface area contributed by atoms with Gasteiger partial charge >= 0.3 is 0 Å². The molecule has 3 amide bonds. The van der Waals surface area contributed by atoms with Crippen LogP contribution in [-0.2, 0) is 4.79 Å². The van der Waals surface area contributed by atoms with Gasteiger partial charge in [-0.1, -0.05) is 41.1 Å². The molecule has 0 aliphatic carbocycles. The van der Waals surface area contributed by atoms with E-state index in [4.69, 9.17) is 11.6 Å². The van der Waals surface area contributed by atoms with E-state index in [1.54, 1.807) is 18.2 Å². The largest absolute Gasteiger partial charge is 0.325 e. The summed E-state index contributed by atoms with van der Waals surface area (Å²) in [5.41, 5.74) is 1.63. The van der Waals surface area contributed by atoms with Crippen LogP contribution in [0.1, 0.15) is 32.7 Å². The lowest BCUT2D eigenvalue weighted by molar-refractivity contribution is -0.116. The third-order valence-electron chi connectivity index (χ3n) is 4.14. The minimum absolute atomic E-state index is 0.0590. The number of aryl methyl sites for hydroxylation is 1. The molecule has 0 aromatic heterocycles. The lowest BCUT2D eigenvalue weighted by Crippen LogP contribution is -2.32. The maximum atomic E-state index is 12.7. The molecular weight excluding hydrogens is 410 g/mol. The first-order valence-corrected chi connectivity index (χ1v) is 9.53. The Balaban J connectivity index is 1.67. The van der Waals surface area contributed by atoms with Crippen LogP contribution in [0.2, 0.25) is 5.02 Å². The smallest absolute Gasteiger partial charge is 0.289 e. The average molecular weight is 425 g/mol. The normalized spacial score (nSPS) is 13.2. The van der Waals surface area contributed by atoms with Crippen LogP contribution in [0, 0.1) is 6.92 Å². The summed E-state index contributed by atoms with van der Waals surface area (Å²) in [6.07, 6.45) is -0.171. The minimum atomic E-state index is -2.70. The van der Waals surface area contributed by atoms with Crippen molar-refractivity contribution in [3.8, 4) is 0 Å². The summed E-state index contributed by atoms with van der Waals surface area (Å²) in [7, 11) is 0. The van der Waals surface area contributed by atoms with Gasteiger partial charge < -0.3 is 5.32 Å². The first-order valence-electron chi connectivity index (χ1n) is 8.28. The van der Waals surface area contributed by atoms with Crippen LogP contribution in [-0.4, -0.2) is 34.9 Å². The summed E-state index contributed by atoms with van der Waals surface area (Å²) in [4.78, 5) is 38.1. The molecule has 0 saturated heterocycles. The van der Waals surface area contributed by atoms with E-state index in [1.165, 1.54) is 18.2 Å². The van der Waals surface area contributed by atoms with Gasteiger partial charge in [0.25, 0.3) is 17.6 Å². The Kier molecular flexibility index (Phi) is 6.00. The van der Waals surface area contributed by atoms with Crippen molar-refractivity contribution in [1.82, 2.24) is 4.90 Å². The molecule has 9 heteroatoms. The van der Waals surface area contributed by atoms with Gasteiger partial charge in [-0.25, -0.2) is 0 Å². The van der Waals surface area contributed by atoms with Gasteiger partial charge in [0.05, 0.1) is 26.7 Å². The highest BCUT2D eigenvalue weighted by molar-refractivity contribution is 7.99. The van der Waals surface area contributed by atoms with Crippen LogP contribution in [0.3, 0.4) is 0 Å².